The lowest BCUT2D eigenvalue weighted by atomic mass is 9.99. The molecule has 1 aromatic carbocycles. The van der Waals surface area contributed by atoms with Gasteiger partial charge in [-0.3, -0.25) is 4.79 Å². The fraction of sp³-hybridized carbons (Fsp3) is 0.500. The van der Waals surface area contributed by atoms with Gasteiger partial charge in [0.05, 0.1) is 5.92 Å². The zero-order valence-corrected chi connectivity index (χ0v) is 13.8. The molecule has 1 saturated carbocycles. The van der Waals surface area contributed by atoms with Crippen molar-refractivity contribution in [2.24, 2.45) is 5.92 Å². The largest absolute Gasteiger partial charge is 0.481 e. The van der Waals surface area contributed by atoms with E-state index in [-0.39, 0.29) is 12.1 Å². The number of hydrogen-bond acceptors (Lipinski definition) is 2. The number of amides is 2. The molecule has 1 heterocycles. The van der Waals surface area contributed by atoms with Crippen LogP contribution in [0.25, 0.3) is 0 Å². The van der Waals surface area contributed by atoms with E-state index in [0.29, 0.717) is 25.4 Å². The van der Waals surface area contributed by atoms with Gasteiger partial charge in [0.15, 0.2) is 0 Å². The second kappa shape index (κ2) is 6.28. The molecule has 0 bridgehead atoms. The van der Waals surface area contributed by atoms with Crippen molar-refractivity contribution < 1.29 is 14.7 Å². The Kier molecular flexibility index (Phi) is 4.38. The zero-order valence-electron chi connectivity index (χ0n) is 12.2. The number of carbonyl (C=O) groups excluding carboxylic acids is 1. The summed E-state index contributed by atoms with van der Waals surface area (Å²) in [7, 11) is 0. The van der Waals surface area contributed by atoms with E-state index in [1.165, 1.54) is 5.56 Å². The van der Waals surface area contributed by atoms with Gasteiger partial charge in [-0.15, -0.1) is 0 Å². The maximum absolute atomic E-state index is 12.3. The van der Waals surface area contributed by atoms with Crippen molar-refractivity contribution in [3.8, 4) is 0 Å². The average molecular weight is 367 g/mol. The van der Waals surface area contributed by atoms with Crippen LogP contribution in [0.4, 0.5) is 4.79 Å². The van der Waals surface area contributed by atoms with E-state index in [1.54, 1.807) is 4.90 Å². The molecule has 2 N–H and O–H groups in total. The SMILES string of the molecule is O=C(O)C1CCCN(C(=O)N[C@@H]2C[C@H]2c2ccc(Br)cc2)C1. The normalized spacial score (nSPS) is 27.3. The van der Waals surface area contributed by atoms with Crippen LogP contribution in [0.3, 0.4) is 0 Å². The summed E-state index contributed by atoms with van der Waals surface area (Å²) in [5.74, 6) is -0.866. The molecule has 5 nitrogen and oxygen atoms in total. The van der Waals surface area contributed by atoms with E-state index in [1.807, 2.05) is 12.1 Å². The quantitative estimate of drug-likeness (QED) is 0.863. The Balaban J connectivity index is 1.53. The molecule has 1 unspecified atom stereocenters. The minimum absolute atomic E-state index is 0.129. The van der Waals surface area contributed by atoms with Gasteiger partial charge >= 0.3 is 12.0 Å². The summed E-state index contributed by atoms with van der Waals surface area (Å²) in [6.45, 7) is 0.960. The molecular weight excluding hydrogens is 348 g/mol. The van der Waals surface area contributed by atoms with Crippen LogP contribution >= 0.6 is 15.9 Å². The smallest absolute Gasteiger partial charge is 0.317 e. The summed E-state index contributed by atoms with van der Waals surface area (Å²) >= 11 is 3.42. The summed E-state index contributed by atoms with van der Waals surface area (Å²) in [4.78, 5) is 25.0. The fourth-order valence-corrected chi connectivity index (χ4v) is 3.31. The standard InChI is InChI=1S/C16H19BrN2O3/c17-12-5-3-10(4-6-12)13-8-14(13)18-16(22)19-7-1-2-11(9-19)15(20)21/h3-6,11,13-14H,1-2,7-9H2,(H,18,22)(H,20,21)/t11?,13-,14+/m0/s1. The van der Waals surface area contributed by atoms with Crippen molar-refractivity contribution in [2.45, 2.75) is 31.2 Å². The first-order valence-corrected chi connectivity index (χ1v) is 8.37. The Bertz CT molecular complexity index is 575. The molecule has 0 radical (unpaired) electrons. The van der Waals surface area contributed by atoms with Crippen LogP contribution in [0.2, 0.25) is 0 Å². The van der Waals surface area contributed by atoms with Crippen molar-refractivity contribution in [3.05, 3.63) is 34.3 Å². The third-order valence-corrected chi connectivity index (χ3v) is 4.98. The summed E-state index contributed by atoms with van der Waals surface area (Å²) in [5.41, 5.74) is 1.23. The van der Waals surface area contributed by atoms with Gasteiger partial charge in [-0.1, -0.05) is 28.1 Å². The van der Waals surface area contributed by atoms with E-state index in [9.17, 15) is 9.59 Å². The summed E-state index contributed by atoms with van der Waals surface area (Å²) < 4.78 is 1.05. The Morgan fingerprint density at radius 3 is 2.68 bits per heavy atom. The second-order valence-corrected chi connectivity index (χ2v) is 6.99. The zero-order chi connectivity index (χ0) is 15.7. The highest BCUT2D eigenvalue weighted by molar-refractivity contribution is 9.10. The summed E-state index contributed by atoms with van der Waals surface area (Å²) in [5, 5.41) is 12.1. The Labute approximate surface area is 137 Å². The fourth-order valence-electron chi connectivity index (χ4n) is 3.05. The summed E-state index contributed by atoms with van der Waals surface area (Å²) in [6, 6.07) is 8.20. The van der Waals surface area contributed by atoms with Gasteiger partial charge < -0.3 is 15.3 Å². The topological polar surface area (TPSA) is 69.6 Å². The van der Waals surface area contributed by atoms with Crippen molar-refractivity contribution in [3.63, 3.8) is 0 Å². The number of rotatable bonds is 3. The summed E-state index contributed by atoms with van der Waals surface area (Å²) in [6.07, 6.45) is 2.36. The molecule has 22 heavy (non-hydrogen) atoms. The highest BCUT2D eigenvalue weighted by atomic mass is 79.9. The Hall–Kier alpha value is -1.56. The third kappa shape index (κ3) is 3.43. The predicted molar refractivity (Wildman–Crippen MR) is 85.8 cm³/mol. The van der Waals surface area contributed by atoms with Gasteiger partial charge in [0.25, 0.3) is 0 Å². The first kappa shape index (κ1) is 15.3. The number of urea groups is 1. The number of hydrogen-bond donors (Lipinski definition) is 2. The number of carboxylic acid groups (broad SMARTS) is 1. The molecule has 3 atom stereocenters. The van der Waals surface area contributed by atoms with Crippen molar-refractivity contribution in [1.82, 2.24) is 10.2 Å². The van der Waals surface area contributed by atoms with Crippen LogP contribution < -0.4 is 5.32 Å². The molecule has 3 rings (SSSR count). The molecule has 2 amide bonds. The second-order valence-electron chi connectivity index (χ2n) is 6.07. The number of nitrogens with zero attached hydrogens (tertiary/aromatic N) is 1. The lowest BCUT2D eigenvalue weighted by Gasteiger charge is -2.30. The van der Waals surface area contributed by atoms with Gasteiger partial charge in [0.1, 0.15) is 0 Å². The van der Waals surface area contributed by atoms with E-state index >= 15 is 0 Å². The van der Waals surface area contributed by atoms with Crippen LogP contribution in [-0.4, -0.2) is 41.1 Å². The molecule has 6 heteroatoms. The van der Waals surface area contributed by atoms with E-state index < -0.39 is 11.9 Å². The molecule has 2 fully saturated rings. The minimum atomic E-state index is -0.809. The molecule has 1 aliphatic heterocycles. The number of likely N-dealkylation sites (tertiary alicyclic amines) is 1. The number of nitrogens with one attached hydrogen (secondary N) is 1. The third-order valence-electron chi connectivity index (χ3n) is 4.46. The van der Waals surface area contributed by atoms with Crippen molar-refractivity contribution in [1.29, 1.82) is 0 Å². The molecular formula is C16H19BrN2O3. The van der Waals surface area contributed by atoms with E-state index in [2.05, 4.69) is 33.4 Å². The molecule has 1 saturated heterocycles. The van der Waals surface area contributed by atoms with Gasteiger partial charge in [0.2, 0.25) is 0 Å². The lowest BCUT2D eigenvalue weighted by molar-refractivity contribution is -0.143. The molecule has 2 aliphatic rings. The Morgan fingerprint density at radius 2 is 2.00 bits per heavy atom. The first-order chi connectivity index (χ1) is 10.5. The number of halogens is 1. The number of carbonyl (C=O) groups is 2. The lowest BCUT2D eigenvalue weighted by Crippen LogP contribution is -2.47. The highest BCUT2D eigenvalue weighted by Crippen LogP contribution is 2.41. The molecule has 1 aromatic rings. The molecule has 1 aliphatic carbocycles. The maximum atomic E-state index is 12.3. The number of carboxylic acids is 1. The van der Waals surface area contributed by atoms with Crippen LogP contribution in [0, 0.1) is 5.92 Å². The highest BCUT2D eigenvalue weighted by Gasteiger charge is 2.40. The number of aliphatic carboxylic acids is 1. The minimum Gasteiger partial charge on any atom is -0.481 e. The van der Waals surface area contributed by atoms with Crippen LogP contribution in [0.15, 0.2) is 28.7 Å². The first-order valence-electron chi connectivity index (χ1n) is 7.58. The van der Waals surface area contributed by atoms with Gasteiger partial charge in [-0.25, -0.2) is 4.79 Å². The van der Waals surface area contributed by atoms with Crippen molar-refractivity contribution >= 4 is 27.9 Å². The van der Waals surface area contributed by atoms with E-state index in [4.69, 9.17) is 5.11 Å². The van der Waals surface area contributed by atoms with Gasteiger partial charge in [-0.2, -0.15) is 0 Å². The molecule has 0 aromatic heterocycles. The average Bonchev–Trinajstić information content (AvgIpc) is 3.27. The van der Waals surface area contributed by atoms with Gasteiger partial charge in [0, 0.05) is 29.5 Å². The monoisotopic (exact) mass is 366 g/mol. The van der Waals surface area contributed by atoms with E-state index in [0.717, 1.165) is 17.3 Å². The molecule has 0 spiro atoms. The van der Waals surface area contributed by atoms with Crippen LogP contribution in [-0.2, 0) is 4.79 Å². The molecule has 118 valence electrons. The maximum Gasteiger partial charge on any atom is 0.317 e. The van der Waals surface area contributed by atoms with Crippen molar-refractivity contribution in [2.75, 3.05) is 13.1 Å². The number of benzene rings is 1. The van der Waals surface area contributed by atoms with Crippen LogP contribution in [0.1, 0.15) is 30.7 Å². The predicted octanol–water partition coefficient (Wildman–Crippen LogP) is 2.81. The number of piperidine rings is 1. The Morgan fingerprint density at radius 1 is 1.27 bits per heavy atom. The van der Waals surface area contributed by atoms with Crippen LogP contribution in [0.5, 0.6) is 0 Å². The van der Waals surface area contributed by atoms with Gasteiger partial charge in [-0.05, 0) is 37.0 Å².